The van der Waals surface area contributed by atoms with Gasteiger partial charge in [-0.25, -0.2) is 0 Å². The predicted molar refractivity (Wildman–Crippen MR) is 222 cm³/mol. The number of aryl methyl sites for hydroxylation is 1. The Bertz CT molecular complexity index is 2620. The van der Waals surface area contributed by atoms with Crippen molar-refractivity contribution in [1.82, 2.24) is 0 Å². The van der Waals surface area contributed by atoms with Crippen molar-refractivity contribution in [1.29, 1.82) is 0 Å². The molecule has 0 atom stereocenters. The van der Waals surface area contributed by atoms with Gasteiger partial charge in [-0.3, -0.25) is 0 Å². The van der Waals surface area contributed by atoms with Crippen LogP contribution in [0.25, 0.3) is 55.0 Å². The summed E-state index contributed by atoms with van der Waals surface area (Å²) in [7, 11) is 0. The Hall–Kier alpha value is -4.94. The van der Waals surface area contributed by atoms with Crippen molar-refractivity contribution in [3.63, 3.8) is 0 Å². The average Bonchev–Trinajstić information content (AvgIpc) is 3.54. The molecular weight excluding hydrogens is 613 g/mol. The molecule has 0 heteroatoms. The van der Waals surface area contributed by atoms with Gasteiger partial charge in [-0.2, -0.15) is 0 Å². The van der Waals surface area contributed by atoms with Gasteiger partial charge in [-0.15, -0.1) is 0 Å². The minimum Gasteiger partial charge on any atom is -0.0619 e. The van der Waals surface area contributed by atoms with Gasteiger partial charge in [0.05, 0.1) is 0 Å². The Morgan fingerprint density at radius 3 is 1.18 bits per heavy atom. The monoisotopic (exact) mass is 660 g/mol. The van der Waals surface area contributed by atoms with Crippen LogP contribution in [-0.2, 0) is 16.2 Å². The topological polar surface area (TPSA) is 0 Å². The van der Waals surface area contributed by atoms with Crippen LogP contribution < -0.4 is 0 Å². The highest BCUT2D eigenvalue weighted by Crippen LogP contribution is 2.59. The molecule has 9 rings (SSSR count). The number of rotatable bonds is 3. The number of benzene rings is 6. The molecule has 0 fully saturated rings. The van der Waals surface area contributed by atoms with Crippen molar-refractivity contribution >= 4 is 55.0 Å². The number of hydrogen-bond donors (Lipinski definition) is 0. The van der Waals surface area contributed by atoms with E-state index in [0.717, 1.165) is 0 Å². The van der Waals surface area contributed by atoms with Crippen molar-refractivity contribution in [3.8, 4) is 0 Å². The summed E-state index contributed by atoms with van der Waals surface area (Å²) in [6.45, 7) is 23.9. The molecule has 0 nitrogen and oxygen atoms in total. The Labute approximate surface area is 304 Å². The zero-order chi connectivity index (χ0) is 35.8. The fraction of sp³-hybridized carbons (Fsp3) is 0.255. The van der Waals surface area contributed by atoms with Gasteiger partial charge in [-0.1, -0.05) is 150 Å². The van der Waals surface area contributed by atoms with Crippen LogP contribution in [0.1, 0.15) is 118 Å². The van der Waals surface area contributed by atoms with Crippen molar-refractivity contribution in [2.24, 2.45) is 0 Å². The average molecular weight is 661 g/mol. The van der Waals surface area contributed by atoms with Crippen LogP contribution in [0.3, 0.4) is 0 Å². The van der Waals surface area contributed by atoms with Gasteiger partial charge in [0.2, 0.25) is 0 Å². The molecule has 6 aromatic rings. The van der Waals surface area contributed by atoms with E-state index in [-0.39, 0.29) is 16.2 Å². The van der Waals surface area contributed by atoms with Gasteiger partial charge in [0.1, 0.15) is 0 Å². The van der Waals surface area contributed by atoms with Gasteiger partial charge in [0.15, 0.2) is 0 Å². The molecule has 0 amide bonds. The first-order valence-electron chi connectivity index (χ1n) is 18.7. The van der Waals surface area contributed by atoms with Crippen LogP contribution in [-0.4, -0.2) is 0 Å². The highest BCUT2D eigenvalue weighted by Gasteiger charge is 2.42. The molecule has 0 heterocycles. The lowest BCUT2D eigenvalue weighted by Crippen LogP contribution is -2.19. The van der Waals surface area contributed by atoms with Crippen LogP contribution >= 0.6 is 0 Å². The number of fused-ring (bicyclic) bond motifs is 5. The molecule has 0 radical (unpaired) electrons. The summed E-state index contributed by atoms with van der Waals surface area (Å²) in [5.41, 5.74) is 21.9. The highest BCUT2D eigenvalue weighted by atomic mass is 14.5. The second kappa shape index (κ2) is 10.5. The molecular formula is C51H48. The van der Waals surface area contributed by atoms with Crippen molar-refractivity contribution in [2.45, 2.75) is 85.5 Å². The molecule has 6 aromatic carbocycles. The molecule has 0 saturated carbocycles. The predicted octanol–water partition coefficient (Wildman–Crippen LogP) is 14.0. The van der Waals surface area contributed by atoms with E-state index >= 15 is 0 Å². The Morgan fingerprint density at radius 2 is 0.725 bits per heavy atom. The van der Waals surface area contributed by atoms with E-state index in [1.54, 1.807) is 0 Å². The second-order valence-electron chi connectivity index (χ2n) is 17.1. The molecule has 0 bridgehead atoms. The van der Waals surface area contributed by atoms with E-state index in [1.165, 1.54) is 111 Å². The zero-order valence-corrected chi connectivity index (χ0v) is 31.9. The lowest BCUT2D eigenvalue weighted by atomic mass is 9.71. The first kappa shape index (κ1) is 32.0. The summed E-state index contributed by atoms with van der Waals surface area (Å²) in [5.74, 6) is 0. The Balaban J connectivity index is 1.45. The maximum atomic E-state index is 2.57. The van der Waals surface area contributed by atoms with Crippen molar-refractivity contribution < 1.29 is 0 Å². The normalized spacial score (nSPS) is 18.2. The van der Waals surface area contributed by atoms with Crippen LogP contribution in [0.15, 0.2) is 109 Å². The van der Waals surface area contributed by atoms with Crippen molar-refractivity contribution in [2.75, 3.05) is 0 Å². The van der Waals surface area contributed by atoms with Crippen LogP contribution in [0.2, 0.25) is 0 Å². The Morgan fingerprint density at radius 1 is 0.353 bits per heavy atom. The first-order valence-corrected chi connectivity index (χ1v) is 18.7. The summed E-state index contributed by atoms with van der Waals surface area (Å²) in [6.07, 6.45) is 0. The molecule has 3 aliphatic carbocycles. The van der Waals surface area contributed by atoms with E-state index in [9.17, 15) is 0 Å². The van der Waals surface area contributed by atoms with Crippen LogP contribution in [0.5, 0.6) is 0 Å². The third-order valence-corrected chi connectivity index (χ3v) is 13.1. The van der Waals surface area contributed by atoms with Gasteiger partial charge >= 0.3 is 0 Å². The quantitative estimate of drug-likeness (QED) is 0.166. The molecule has 0 aliphatic heterocycles. The van der Waals surface area contributed by atoms with E-state index in [4.69, 9.17) is 0 Å². The lowest BCUT2D eigenvalue weighted by Gasteiger charge is -2.32. The second-order valence-corrected chi connectivity index (χ2v) is 17.1. The Kier molecular flexibility index (Phi) is 6.62. The van der Waals surface area contributed by atoms with Gasteiger partial charge in [-0.05, 0) is 139 Å². The maximum absolute atomic E-state index is 2.57. The molecule has 0 spiro atoms. The summed E-state index contributed by atoms with van der Waals surface area (Å²) in [6, 6.07) is 41.9. The molecule has 3 aliphatic rings. The van der Waals surface area contributed by atoms with Gasteiger partial charge < -0.3 is 0 Å². The lowest BCUT2D eigenvalue weighted by molar-refractivity contribution is 0.703. The zero-order valence-electron chi connectivity index (χ0n) is 31.9. The molecule has 0 N–H and O–H groups in total. The fourth-order valence-electron chi connectivity index (χ4n) is 10.9. The van der Waals surface area contributed by atoms with E-state index < -0.39 is 0 Å². The molecule has 0 unspecified atom stereocenters. The fourth-order valence-corrected chi connectivity index (χ4v) is 10.9. The summed E-state index contributed by atoms with van der Waals surface area (Å²) in [5, 5.41) is 5.41. The summed E-state index contributed by atoms with van der Waals surface area (Å²) < 4.78 is 0. The summed E-state index contributed by atoms with van der Waals surface area (Å²) in [4.78, 5) is 0. The van der Waals surface area contributed by atoms with Crippen LogP contribution in [0, 0.1) is 6.92 Å². The molecule has 0 saturated heterocycles. The van der Waals surface area contributed by atoms with Crippen molar-refractivity contribution in [3.05, 3.63) is 165 Å². The smallest absolute Gasteiger partial charge is 0.0161 e. The number of allylic oxidation sites excluding steroid dienone is 6. The largest absolute Gasteiger partial charge is 0.0619 e. The van der Waals surface area contributed by atoms with E-state index in [2.05, 4.69) is 178 Å². The molecule has 0 aromatic heterocycles. The molecule has 51 heavy (non-hydrogen) atoms. The summed E-state index contributed by atoms with van der Waals surface area (Å²) >= 11 is 0. The molecule has 252 valence electrons. The van der Waals surface area contributed by atoms with E-state index in [0.29, 0.717) is 0 Å². The van der Waals surface area contributed by atoms with E-state index in [1.807, 2.05) is 0 Å². The maximum Gasteiger partial charge on any atom is 0.0161 e. The minimum atomic E-state index is -0.154. The van der Waals surface area contributed by atoms with Gasteiger partial charge in [0, 0.05) is 16.2 Å². The SMILES string of the molecule is CC1=C(c2ccc3c(C4=C(C)c5ccccc5C4(C)C)c4cc(C)ccc4c(C4=C(C)c5ccccc5C4(C)C)c3c2)C(C)(C)c2ccccc21. The standard InChI is InChI=1S/C51H48/c1-29-23-25-37-39(27-29)44(47-31(3)35-18-12-15-21-42(35)50(47,7)8)38-26-24-33(46-30(2)34-17-11-14-20-41(34)49(46,5)6)28-40(38)45(37)48-32(4)36-19-13-16-22-43(36)51(48,9)10/h11-28H,1-10H3. The highest BCUT2D eigenvalue weighted by molar-refractivity contribution is 6.23. The number of hydrogen-bond acceptors (Lipinski definition) is 0. The third-order valence-electron chi connectivity index (χ3n) is 13.1. The van der Waals surface area contributed by atoms with Crippen LogP contribution in [0.4, 0.5) is 0 Å². The third kappa shape index (κ3) is 4.14. The minimum absolute atomic E-state index is 0.0996. The first-order chi connectivity index (χ1) is 24.3. The van der Waals surface area contributed by atoms with Gasteiger partial charge in [0.25, 0.3) is 0 Å².